The highest BCUT2D eigenvalue weighted by Crippen LogP contribution is 2.28. The standard InChI is InChI=1S/C14H16BrNO2.C12H10/c15-9-5-1-2-6-10-16-12-8-4-3-7-11(12)13(17)14(16)18;1-3-7-11(8-4-1)12-9-5-2-6-10-12/h3-4,7-8H,1-2,5-6,9-10H2;1-10H. The maximum absolute atomic E-state index is 11.9. The van der Waals surface area contributed by atoms with Crippen LogP contribution in [0.2, 0.25) is 0 Å². The molecule has 30 heavy (non-hydrogen) atoms. The van der Waals surface area contributed by atoms with E-state index >= 15 is 0 Å². The zero-order valence-corrected chi connectivity index (χ0v) is 18.6. The van der Waals surface area contributed by atoms with Crippen molar-refractivity contribution in [2.75, 3.05) is 16.8 Å². The normalized spacial score (nSPS) is 12.4. The molecule has 1 aliphatic heterocycles. The Morgan fingerprint density at radius 1 is 0.633 bits per heavy atom. The number of carbonyl (C=O) groups excluding carboxylic acids is 2. The van der Waals surface area contributed by atoms with E-state index in [1.54, 1.807) is 17.0 Å². The quantitative estimate of drug-likeness (QED) is 0.227. The Bertz CT molecular complexity index is 920. The van der Waals surface area contributed by atoms with E-state index in [-0.39, 0.29) is 11.7 Å². The van der Waals surface area contributed by atoms with Crippen LogP contribution in [0.4, 0.5) is 5.69 Å². The molecule has 0 unspecified atom stereocenters. The third-order valence-corrected chi connectivity index (χ3v) is 5.59. The van der Waals surface area contributed by atoms with Crippen molar-refractivity contribution in [2.24, 2.45) is 0 Å². The lowest BCUT2D eigenvalue weighted by atomic mass is 10.1. The number of fused-ring (bicyclic) bond motifs is 1. The molecule has 154 valence electrons. The smallest absolute Gasteiger partial charge is 0.299 e. The number of rotatable bonds is 7. The van der Waals surface area contributed by atoms with Gasteiger partial charge in [-0.05, 0) is 36.1 Å². The number of hydrogen-bond donors (Lipinski definition) is 0. The number of para-hydroxylation sites is 1. The zero-order chi connectivity index (χ0) is 21.2. The third-order valence-electron chi connectivity index (χ3n) is 5.03. The van der Waals surface area contributed by atoms with E-state index in [1.165, 1.54) is 11.1 Å². The fraction of sp³-hybridized carbons (Fsp3) is 0.231. The number of alkyl halides is 1. The van der Waals surface area contributed by atoms with Gasteiger partial charge in [0.15, 0.2) is 0 Å². The fourth-order valence-electron chi connectivity index (χ4n) is 3.45. The summed E-state index contributed by atoms with van der Waals surface area (Å²) in [4.78, 5) is 25.2. The van der Waals surface area contributed by atoms with Crippen LogP contribution in [-0.4, -0.2) is 23.6 Å². The SMILES string of the molecule is O=C1C(=O)N(CCCCCCBr)c2ccccc21.c1ccc(-c2ccccc2)cc1. The van der Waals surface area contributed by atoms with Crippen molar-refractivity contribution in [3.63, 3.8) is 0 Å². The van der Waals surface area contributed by atoms with E-state index in [9.17, 15) is 9.59 Å². The second kappa shape index (κ2) is 11.5. The molecule has 0 saturated carbocycles. The summed E-state index contributed by atoms with van der Waals surface area (Å²) in [6, 6.07) is 28.0. The topological polar surface area (TPSA) is 37.4 Å². The van der Waals surface area contributed by atoms with Gasteiger partial charge in [-0.1, -0.05) is 102 Å². The molecule has 3 aromatic rings. The lowest BCUT2D eigenvalue weighted by Crippen LogP contribution is -2.30. The van der Waals surface area contributed by atoms with Crippen LogP contribution in [0.15, 0.2) is 84.9 Å². The van der Waals surface area contributed by atoms with Crippen molar-refractivity contribution >= 4 is 33.3 Å². The first-order chi connectivity index (χ1) is 14.7. The number of ketones is 1. The molecular formula is C26H26BrNO2. The van der Waals surface area contributed by atoms with Gasteiger partial charge in [0.2, 0.25) is 0 Å². The molecule has 4 heteroatoms. The highest BCUT2D eigenvalue weighted by Gasteiger charge is 2.34. The number of anilines is 1. The number of unbranched alkanes of at least 4 members (excludes halogenated alkanes) is 3. The monoisotopic (exact) mass is 463 g/mol. The van der Waals surface area contributed by atoms with E-state index in [2.05, 4.69) is 64.5 Å². The number of nitrogens with zero attached hydrogens (tertiary/aromatic N) is 1. The van der Waals surface area contributed by atoms with Gasteiger partial charge in [-0.3, -0.25) is 9.59 Å². The fourth-order valence-corrected chi connectivity index (χ4v) is 3.85. The number of hydrogen-bond acceptors (Lipinski definition) is 2. The largest absolute Gasteiger partial charge is 0.305 e. The molecule has 0 fully saturated rings. The lowest BCUT2D eigenvalue weighted by molar-refractivity contribution is -0.114. The van der Waals surface area contributed by atoms with Crippen molar-refractivity contribution < 1.29 is 9.59 Å². The van der Waals surface area contributed by atoms with Crippen LogP contribution in [0, 0.1) is 0 Å². The van der Waals surface area contributed by atoms with Gasteiger partial charge in [-0.15, -0.1) is 0 Å². The van der Waals surface area contributed by atoms with Gasteiger partial charge in [0.1, 0.15) is 0 Å². The van der Waals surface area contributed by atoms with Gasteiger partial charge in [-0.25, -0.2) is 0 Å². The van der Waals surface area contributed by atoms with Gasteiger partial charge >= 0.3 is 0 Å². The first-order valence-electron chi connectivity index (χ1n) is 10.3. The molecule has 0 bridgehead atoms. The van der Waals surface area contributed by atoms with Crippen LogP contribution in [-0.2, 0) is 4.79 Å². The Morgan fingerprint density at radius 3 is 1.77 bits per heavy atom. The Kier molecular flexibility index (Phi) is 8.40. The molecule has 0 aliphatic carbocycles. The minimum atomic E-state index is -0.378. The van der Waals surface area contributed by atoms with Gasteiger partial charge in [-0.2, -0.15) is 0 Å². The minimum absolute atomic E-state index is 0.369. The average molecular weight is 464 g/mol. The van der Waals surface area contributed by atoms with Gasteiger partial charge in [0, 0.05) is 11.9 Å². The molecule has 0 aromatic heterocycles. The summed E-state index contributed by atoms with van der Waals surface area (Å²) in [6.07, 6.45) is 4.35. The van der Waals surface area contributed by atoms with Crippen molar-refractivity contribution in [2.45, 2.75) is 25.7 Å². The average Bonchev–Trinajstić information content (AvgIpc) is 3.05. The van der Waals surface area contributed by atoms with Crippen LogP contribution >= 0.6 is 15.9 Å². The highest BCUT2D eigenvalue weighted by molar-refractivity contribution is 9.09. The second-order valence-electron chi connectivity index (χ2n) is 7.14. The van der Waals surface area contributed by atoms with Gasteiger partial charge in [0.05, 0.1) is 11.3 Å². The van der Waals surface area contributed by atoms with Gasteiger partial charge in [0.25, 0.3) is 11.7 Å². The lowest BCUT2D eigenvalue weighted by Gasteiger charge is -2.15. The van der Waals surface area contributed by atoms with Crippen LogP contribution < -0.4 is 4.90 Å². The van der Waals surface area contributed by atoms with Crippen LogP contribution in [0.3, 0.4) is 0 Å². The number of amides is 1. The van der Waals surface area contributed by atoms with E-state index < -0.39 is 0 Å². The molecule has 0 N–H and O–H groups in total. The van der Waals surface area contributed by atoms with E-state index in [1.807, 2.05) is 24.3 Å². The first kappa shape index (κ1) is 22.0. The zero-order valence-electron chi connectivity index (χ0n) is 17.0. The molecule has 3 aromatic carbocycles. The molecule has 0 saturated heterocycles. The van der Waals surface area contributed by atoms with E-state index in [0.717, 1.165) is 36.7 Å². The summed E-state index contributed by atoms with van der Waals surface area (Å²) in [5, 5.41) is 1.02. The third kappa shape index (κ3) is 5.67. The first-order valence-corrected chi connectivity index (χ1v) is 11.5. The molecule has 1 heterocycles. The Balaban J connectivity index is 0.000000184. The Labute approximate surface area is 186 Å². The number of benzene rings is 3. The Morgan fingerprint density at radius 2 is 1.17 bits per heavy atom. The van der Waals surface area contributed by atoms with Crippen LogP contribution in [0.25, 0.3) is 11.1 Å². The minimum Gasteiger partial charge on any atom is -0.305 e. The summed E-state index contributed by atoms with van der Waals surface area (Å²) < 4.78 is 0. The van der Waals surface area contributed by atoms with Crippen molar-refractivity contribution in [3.05, 3.63) is 90.5 Å². The summed E-state index contributed by atoms with van der Waals surface area (Å²) in [5.41, 5.74) is 3.87. The molecule has 3 nitrogen and oxygen atoms in total. The predicted molar refractivity (Wildman–Crippen MR) is 127 cm³/mol. The van der Waals surface area contributed by atoms with Crippen molar-refractivity contribution in [1.29, 1.82) is 0 Å². The highest BCUT2D eigenvalue weighted by atomic mass is 79.9. The molecule has 1 amide bonds. The summed E-state index contributed by atoms with van der Waals surface area (Å²) in [5.74, 6) is -0.747. The second-order valence-corrected chi connectivity index (χ2v) is 7.93. The summed E-state index contributed by atoms with van der Waals surface area (Å²) >= 11 is 3.40. The summed E-state index contributed by atoms with van der Waals surface area (Å²) in [6.45, 7) is 0.643. The van der Waals surface area contributed by atoms with Crippen molar-refractivity contribution in [3.8, 4) is 11.1 Å². The van der Waals surface area contributed by atoms with Crippen LogP contribution in [0.1, 0.15) is 36.0 Å². The maximum Gasteiger partial charge on any atom is 0.299 e. The molecule has 0 radical (unpaired) electrons. The molecule has 0 atom stereocenters. The Hall–Kier alpha value is -2.72. The molecule has 1 aliphatic rings. The summed E-state index contributed by atoms with van der Waals surface area (Å²) in [7, 11) is 0. The maximum atomic E-state index is 11.9. The van der Waals surface area contributed by atoms with Gasteiger partial charge < -0.3 is 4.90 Å². The number of carbonyl (C=O) groups is 2. The van der Waals surface area contributed by atoms with Crippen LogP contribution in [0.5, 0.6) is 0 Å². The van der Waals surface area contributed by atoms with Crippen molar-refractivity contribution in [1.82, 2.24) is 0 Å². The molecular weight excluding hydrogens is 438 g/mol. The predicted octanol–water partition coefficient (Wildman–Crippen LogP) is 6.52. The number of halogens is 1. The number of Topliss-reactive ketones (excluding diaryl/α,β-unsaturated/α-hetero) is 1. The van der Waals surface area contributed by atoms with E-state index in [4.69, 9.17) is 0 Å². The molecule has 4 rings (SSSR count). The molecule has 0 spiro atoms. The van der Waals surface area contributed by atoms with E-state index in [0.29, 0.717) is 12.1 Å².